The first-order valence-electron chi connectivity index (χ1n) is 10.6. The summed E-state index contributed by atoms with van der Waals surface area (Å²) in [6, 6.07) is 7.28. The van der Waals surface area contributed by atoms with Gasteiger partial charge in [-0.3, -0.25) is 9.59 Å². The zero-order valence-electron chi connectivity index (χ0n) is 19.4. The van der Waals surface area contributed by atoms with Crippen molar-refractivity contribution in [1.29, 1.82) is 0 Å². The highest BCUT2D eigenvalue weighted by molar-refractivity contribution is 9.11. The Balaban J connectivity index is 1.93. The predicted molar refractivity (Wildman–Crippen MR) is 130 cm³/mol. The van der Waals surface area contributed by atoms with E-state index in [1.165, 1.54) is 12.1 Å². The average Bonchev–Trinajstić information content (AvgIpc) is 2.84. The van der Waals surface area contributed by atoms with Crippen LogP contribution in [-0.2, 0) is 5.67 Å². The lowest BCUT2D eigenvalue weighted by atomic mass is 9.87. The molecule has 4 nitrogen and oxygen atoms in total. The van der Waals surface area contributed by atoms with Crippen molar-refractivity contribution in [3.05, 3.63) is 91.9 Å². The fourth-order valence-corrected chi connectivity index (χ4v) is 4.83. The molecule has 0 saturated heterocycles. The van der Waals surface area contributed by atoms with E-state index in [0.717, 1.165) is 30.3 Å². The number of hydrogen-bond donors (Lipinski definition) is 2. The van der Waals surface area contributed by atoms with Crippen LogP contribution in [0.3, 0.4) is 0 Å². The molecular formula is C24H11Br2F11N2O2. The fraction of sp³-hybridized carbons (Fsp3) is 0.167. The van der Waals surface area contributed by atoms with E-state index in [0.29, 0.717) is 0 Å². The summed E-state index contributed by atoms with van der Waals surface area (Å²) in [5.41, 5.74) is -10.2. The van der Waals surface area contributed by atoms with Crippen LogP contribution >= 0.6 is 31.9 Å². The number of amides is 2. The summed E-state index contributed by atoms with van der Waals surface area (Å²) in [7, 11) is 0. The highest BCUT2D eigenvalue weighted by atomic mass is 79.9. The molecule has 3 aromatic rings. The SMILES string of the molecule is O=C(Nc1c(Br)cc(C(F)(C(F)(F)F)C(F)(F)C(F)(F)F)cc1Br)c1cccc(NC(=O)c2c(F)cccc2F)c1. The van der Waals surface area contributed by atoms with Crippen molar-refractivity contribution in [2.24, 2.45) is 0 Å². The Hall–Kier alpha value is -3.21. The van der Waals surface area contributed by atoms with E-state index in [1.807, 2.05) is 0 Å². The van der Waals surface area contributed by atoms with Crippen molar-refractivity contribution in [2.45, 2.75) is 23.9 Å². The van der Waals surface area contributed by atoms with Crippen molar-refractivity contribution >= 4 is 55.0 Å². The van der Waals surface area contributed by atoms with Gasteiger partial charge in [-0.25, -0.2) is 13.2 Å². The largest absolute Gasteiger partial charge is 0.457 e. The van der Waals surface area contributed by atoms with Crippen molar-refractivity contribution in [3.63, 3.8) is 0 Å². The molecule has 1 unspecified atom stereocenters. The summed E-state index contributed by atoms with van der Waals surface area (Å²) in [5.74, 6) is -11.5. The van der Waals surface area contributed by atoms with Crippen molar-refractivity contribution < 1.29 is 57.9 Å². The van der Waals surface area contributed by atoms with Crippen LogP contribution < -0.4 is 10.6 Å². The number of carbonyl (C=O) groups is 2. The van der Waals surface area contributed by atoms with Gasteiger partial charge in [0.15, 0.2) is 0 Å². The predicted octanol–water partition coefficient (Wildman–Crippen LogP) is 8.92. The van der Waals surface area contributed by atoms with Gasteiger partial charge in [0.2, 0.25) is 0 Å². The van der Waals surface area contributed by atoms with Crippen molar-refractivity contribution in [1.82, 2.24) is 0 Å². The third-order valence-electron chi connectivity index (χ3n) is 5.43. The number of anilines is 2. The number of carbonyl (C=O) groups excluding carboxylic acids is 2. The summed E-state index contributed by atoms with van der Waals surface area (Å²) in [4.78, 5) is 25.1. The van der Waals surface area contributed by atoms with Crippen LogP contribution in [0.5, 0.6) is 0 Å². The van der Waals surface area contributed by atoms with Gasteiger partial charge in [0, 0.05) is 25.8 Å². The number of benzene rings is 3. The topological polar surface area (TPSA) is 58.2 Å². The molecule has 0 radical (unpaired) electrons. The van der Waals surface area contributed by atoms with Crippen LogP contribution in [0.1, 0.15) is 26.3 Å². The lowest BCUT2D eigenvalue weighted by Gasteiger charge is -2.36. The number of nitrogens with one attached hydrogen (secondary N) is 2. The highest BCUT2D eigenvalue weighted by Gasteiger charge is 2.81. The van der Waals surface area contributed by atoms with E-state index in [2.05, 4.69) is 42.5 Å². The first-order valence-corrected chi connectivity index (χ1v) is 12.2. The van der Waals surface area contributed by atoms with Crippen molar-refractivity contribution in [3.8, 4) is 0 Å². The fourth-order valence-electron chi connectivity index (χ4n) is 3.44. The lowest BCUT2D eigenvalue weighted by Crippen LogP contribution is -2.59. The molecule has 0 aromatic heterocycles. The molecule has 1 atom stereocenters. The summed E-state index contributed by atoms with van der Waals surface area (Å²) in [6.45, 7) is 0. The first-order chi connectivity index (χ1) is 18.7. The Morgan fingerprint density at radius 2 is 1.17 bits per heavy atom. The Labute approximate surface area is 239 Å². The number of alkyl halides is 9. The van der Waals surface area contributed by atoms with E-state index in [-0.39, 0.29) is 23.4 Å². The quantitative estimate of drug-likeness (QED) is 0.249. The zero-order chi connectivity index (χ0) is 31.1. The van der Waals surface area contributed by atoms with Crippen LogP contribution in [0, 0.1) is 11.6 Å². The summed E-state index contributed by atoms with van der Waals surface area (Å²) >= 11 is 5.26. The van der Waals surface area contributed by atoms with Gasteiger partial charge >= 0.3 is 23.9 Å². The highest BCUT2D eigenvalue weighted by Crippen LogP contribution is 2.59. The summed E-state index contributed by atoms with van der Waals surface area (Å²) < 4.78 is 147. The minimum Gasteiger partial charge on any atom is -0.322 e. The molecule has 220 valence electrons. The molecule has 0 aliphatic rings. The monoisotopic (exact) mass is 726 g/mol. The van der Waals surface area contributed by atoms with Crippen LogP contribution in [0.4, 0.5) is 59.7 Å². The third-order valence-corrected chi connectivity index (χ3v) is 6.68. The van der Waals surface area contributed by atoms with E-state index in [1.54, 1.807) is 0 Å². The van der Waals surface area contributed by atoms with Gasteiger partial charge < -0.3 is 10.6 Å². The second kappa shape index (κ2) is 11.2. The summed E-state index contributed by atoms with van der Waals surface area (Å²) in [5, 5.41) is 4.29. The van der Waals surface area contributed by atoms with Gasteiger partial charge in [0.05, 0.1) is 5.69 Å². The van der Waals surface area contributed by atoms with E-state index < -0.39 is 73.2 Å². The van der Waals surface area contributed by atoms with Gasteiger partial charge in [-0.05, 0) is 74.3 Å². The van der Waals surface area contributed by atoms with Crippen LogP contribution in [0.2, 0.25) is 0 Å². The molecule has 0 spiro atoms. The van der Waals surface area contributed by atoms with Gasteiger partial charge in [0.25, 0.3) is 11.8 Å². The molecule has 0 fully saturated rings. The van der Waals surface area contributed by atoms with Gasteiger partial charge in [-0.2, -0.15) is 35.1 Å². The molecule has 0 aliphatic carbocycles. The lowest BCUT2D eigenvalue weighted by molar-refractivity contribution is -0.389. The van der Waals surface area contributed by atoms with Crippen LogP contribution in [-0.4, -0.2) is 30.1 Å². The maximum absolute atomic E-state index is 14.8. The number of rotatable bonds is 6. The maximum Gasteiger partial charge on any atom is 0.457 e. The zero-order valence-corrected chi connectivity index (χ0v) is 22.6. The van der Waals surface area contributed by atoms with Gasteiger partial charge in [0.1, 0.15) is 17.2 Å². The Kier molecular flexibility index (Phi) is 8.85. The molecule has 0 heterocycles. The minimum absolute atomic E-state index is 0.00683. The van der Waals surface area contributed by atoms with E-state index >= 15 is 0 Å². The average molecular weight is 728 g/mol. The molecule has 0 aliphatic heterocycles. The summed E-state index contributed by atoms with van der Waals surface area (Å²) in [6.07, 6.45) is -13.7. The van der Waals surface area contributed by atoms with Crippen molar-refractivity contribution in [2.75, 3.05) is 10.6 Å². The molecule has 2 amide bonds. The van der Waals surface area contributed by atoms with E-state index in [4.69, 9.17) is 0 Å². The Morgan fingerprint density at radius 1 is 0.659 bits per heavy atom. The number of hydrogen-bond acceptors (Lipinski definition) is 2. The minimum atomic E-state index is -6.93. The maximum atomic E-state index is 14.8. The number of halogens is 13. The standard InChI is InChI=1S/C24H11Br2F11N2O2/c25-13-8-11(21(29,23(32,33)34)22(30,31)24(35,36)37)9-14(26)18(13)39-19(40)10-3-1-4-12(7-10)38-20(41)17-15(27)5-2-6-16(17)28/h1-9H,(H,38,41)(H,39,40). The second-order valence-electron chi connectivity index (χ2n) is 8.13. The molecule has 3 rings (SSSR count). The van der Waals surface area contributed by atoms with Gasteiger partial charge in [-0.1, -0.05) is 12.1 Å². The molecular weight excluding hydrogens is 717 g/mol. The molecule has 2 N–H and O–H groups in total. The Morgan fingerprint density at radius 3 is 1.66 bits per heavy atom. The van der Waals surface area contributed by atoms with Gasteiger partial charge in [-0.15, -0.1) is 0 Å². The molecule has 41 heavy (non-hydrogen) atoms. The molecule has 0 bridgehead atoms. The van der Waals surface area contributed by atoms with Crippen LogP contribution in [0.15, 0.2) is 63.5 Å². The second-order valence-corrected chi connectivity index (χ2v) is 9.84. The molecule has 17 heteroatoms. The van der Waals surface area contributed by atoms with E-state index in [9.17, 15) is 57.9 Å². The first kappa shape index (κ1) is 32.3. The molecule has 3 aromatic carbocycles. The Bertz CT molecular complexity index is 1470. The smallest absolute Gasteiger partial charge is 0.322 e. The normalized spacial score (nSPS) is 13.9. The molecule has 0 saturated carbocycles. The third kappa shape index (κ3) is 6.05. The van der Waals surface area contributed by atoms with Crippen LogP contribution in [0.25, 0.3) is 0 Å².